The van der Waals surface area contributed by atoms with Gasteiger partial charge in [-0.05, 0) is 31.3 Å². The Morgan fingerprint density at radius 1 is 1.52 bits per heavy atom. The minimum absolute atomic E-state index is 0.325. The molecule has 0 saturated heterocycles. The fraction of sp³-hybridized carbons (Fsp3) is 0.786. The Kier molecular flexibility index (Phi) is 6.50. The molecule has 1 aromatic heterocycles. The minimum atomic E-state index is -0.941. The normalized spacial score (nSPS) is 17.6. The molecule has 1 aliphatic rings. The number of aliphatic hydroxyl groups is 1. The Labute approximate surface area is 129 Å². The molecule has 21 heavy (non-hydrogen) atoms. The SMILES string of the molecule is CSCCC(O)C(=O)NCc1nncn1C1CCCCC1. The number of carbonyl (C=O) groups is 1. The molecule has 1 saturated carbocycles. The van der Waals surface area contributed by atoms with Crippen molar-refractivity contribution in [2.24, 2.45) is 0 Å². The average Bonchev–Trinajstić information content (AvgIpc) is 2.99. The van der Waals surface area contributed by atoms with E-state index < -0.39 is 6.10 Å². The van der Waals surface area contributed by atoms with E-state index in [9.17, 15) is 9.90 Å². The average molecular weight is 312 g/mol. The first kappa shape index (κ1) is 16.3. The van der Waals surface area contributed by atoms with Crippen molar-refractivity contribution in [3.05, 3.63) is 12.2 Å². The predicted octanol–water partition coefficient (Wildman–Crippen LogP) is 1.51. The van der Waals surface area contributed by atoms with Gasteiger partial charge < -0.3 is 15.0 Å². The summed E-state index contributed by atoms with van der Waals surface area (Å²) in [6.45, 7) is 0.325. The quantitative estimate of drug-likeness (QED) is 0.798. The van der Waals surface area contributed by atoms with Crippen LogP contribution in [0.25, 0.3) is 0 Å². The van der Waals surface area contributed by atoms with Gasteiger partial charge in [0.15, 0.2) is 5.82 Å². The van der Waals surface area contributed by atoms with Gasteiger partial charge in [0, 0.05) is 6.04 Å². The summed E-state index contributed by atoms with van der Waals surface area (Å²) in [5, 5.41) is 20.5. The van der Waals surface area contributed by atoms with Gasteiger partial charge in [-0.2, -0.15) is 11.8 Å². The third-order valence-electron chi connectivity index (χ3n) is 3.93. The van der Waals surface area contributed by atoms with Crippen molar-refractivity contribution in [2.75, 3.05) is 12.0 Å². The summed E-state index contributed by atoms with van der Waals surface area (Å²) >= 11 is 1.62. The van der Waals surface area contributed by atoms with E-state index in [4.69, 9.17) is 0 Å². The Morgan fingerprint density at radius 2 is 2.29 bits per heavy atom. The van der Waals surface area contributed by atoms with Crippen LogP contribution < -0.4 is 5.32 Å². The topological polar surface area (TPSA) is 80.0 Å². The molecule has 1 aliphatic carbocycles. The van der Waals surface area contributed by atoms with Gasteiger partial charge in [0.25, 0.3) is 0 Å². The highest BCUT2D eigenvalue weighted by atomic mass is 32.2. The first-order valence-corrected chi connectivity index (χ1v) is 8.95. The molecular formula is C14H24N4O2S. The summed E-state index contributed by atoms with van der Waals surface area (Å²) in [5.41, 5.74) is 0. The lowest BCUT2D eigenvalue weighted by atomic mass is 9.95. The smallest absolute Gasteiger partial charge is 0.249 e. The first-order chi connectivity index (χ1) is 10.2. The van der Waals surface area contributed by atoms with Crippen molar-refractivity contribution in [1.82, 2.24) is 20.1 Å². The molecule has 1 heterocycles. The molecule has 7 heteroatoms. The molecule has 0 radical (unpaired) electrons. The molecule has 0 spiro atoms. The molecule has 1 unspecified atom stereocenters. The monoisotopic (exact) mass is 312 g/mol. The maximum Gasteiger partial charge on any atom is 0.249 e. The fourth-order valence-electron chi connectivity index (χ4n) is 2.70. The molecule has 0 aromatic carbocycles. The van der Waals surface area contributed by atoms with E-state index in [2.05, 4.69) is 20.1 Å². The van der Waals surface area contributed by atoms with Crippen molar-refractivity contribution in [2.45, 2.75) is 57.2 Å². The number of aliphatic hydroxyl groups excluding tert-OH is 1. The number of nitrogens with one attached hydrogen (secondary N) is 1. The molecule has 118 valence electrons. The van der Waals surface area contributed by atoms with Gasteiger partial charge in [-0.1, -0.05) is 19.3 Å². The van der Waals surface area contributed by atoms with E-state index in [1.165, 1.54) is 19.3 Å². The third-order valence-corrected chi connectivity index (χ3v) is 4.58. The van der Waals surface area contributed by atoms with Gasteiger partial charge in [0.05, 0.1) is 6.54 Å². The number of aromatic nitrogens is 3. The number of nitrogens with zero attached hydrogens (tertiary/aromatic N) is 3. The second-order valence-electron chi connectivity index (χ2n) is 5.46. The number of hydrogen-bond acceptors (Lipinski definition) is 5. The molecule has 1 fully saturated rings. The largest absolute Gasteiger partial charge is 0.383 e. The van der Waals surface area contributed by atoms with E-state index in [1.54, 1.807) is 18.1 Å². The van der Waals surface area contributed by atoms with E-state index in [0.29, 0.717) is 19.0 Å². The van der Waals surface area contributed by atoms with Crippen LogP contribution in [-0.4, -0.2) is 43.9 Å². The zero-order valence-corrected chi connectivity index (χ0v) is 13.3. The Balaban J connectivity index is 1.85. The summed E-state index contributed by atoms with van der Waals surface area (Å²) in [6, 6.07) is 0.446. The molecule has 2 N–H and O–H groups in total. The maximum atomic E-state index is 11.8. The number of carbonyl (C=O) groups excluding carboxylic acids is 1. The predicted molar refractivity (Wildman–Crippen MR) is 83.0 cm³/mol. The lowest BCUT2D eigenvalue weighted by Crippen LogP contribution is -2.35. The summed E-state index contributed by atoms with van der Waals surface area (Å²) in [5.74, 6) is 1.21. The lowest BCUT2D eigenvalue weighted by Gasteiger charge is -2.24. The molecule has 1 aromatic rings. The second kappa shape index (κ2) is 8.38. The Morgan fingerprint density at radius 3 is 3.00 bits per heavy atom. The van der Waals surface area contributed by atoms with Crippen molar-refractivity contribution in [1.29, 1.82) is 0 Å². The second-order valence-corrected chi connectivity index (χ2v) is 6.45. The fourth-order valence-corrected chi connectivity index (χ4v) is 3.16. The lowest BCUT2D eigenvalue weighted by molar-refractivity contribution is -0.129. The Bertz CT molecular complexity index is 446. The van der Waals surface area contributed by atoms with E-state index in [1.807, 2.05) is 6.26 Å². The Hall–Kier alpha value is -1.08. The highest BCUT2D eigenvalue weighted by Crippen LogP contribution is 2.28. The molecule has 2 rings (SSSR count). The number of hydrogen-bond donors (Lipinski definition) is 2. The van der Waals surface area contributed by atoms with Crippen LogP contribution in [0.1, 0.15) is 50.4 Å². The standard InChI is InChI=1S/C14H24N4O2S/c1-21-8-7-12(19)14(20)15-9-13-17-16-10-18(13)11-5-3-2-4-6-11/h10-12,19H,2-9H2,1H3,(H,15,20). The summed E-state index contributed by atoms with van der Waals surface area (Å²) in [4.78, 5) is 11.8. The number of rotatable bonds is 7. The summed E-state index contributed by atoms with van der Waals surface area (Å²) in [6.07, 6.45) is 9.31. The van der Waals surface area contributed by atoms with Gasteiger partial charge in [-0.3, -0.25) is 4.79 Å². The molecule has 6 nitrogen and oxygen atoms in total. The number of amides is 1. The minimum Gasteiger partial charge on any atom is -0.383 e. The van der Waals surface area contributed by atoms with Gasteiger partial charge in [0.2, 0.25) is 5.91 Å². The summed E-state index contributed by atoms with van der Waals surface area (Å²) < 4.78 is 2.08. The van der Waals surface area contributed by atoms with Gasteiger partial charge in [-0.15, -0.1) is 10.2 Å². The van der Waals surface area contributed by atoms with Crippen LogP contribution in [-0.2, 0) is 11.3 Å². The van der Waals surface area contributed by atoms with Crippen LogP contribution >= 0.6 is 11.8 Å². The van der Waals surface area contributed by atoms with Gasteiger partial charge in [-0.25, -0.2) is 0 Å². The highest BCUT2D eigenvalue weighted by Gasteiger charge is 2.20. The highest BCUT2D eigenvalue weighted by molar-refractivity contribution is 7.98. The zero-order chi connectivity index (χ0) is 15.1. The van der Waals surface area contributed by atoms with Crippen molar-refractivity contribution < 1.29 is 9.90 Å². The molecule has 0 aliphatic heterocycles. The van der Waals surface area contributed by atoms with Crippen LogP contribution in [0.3, 0.4) is 0 Å². The van der Waals surface area contributed by atoms with Gasteiger partial charge in [0.1, 0.15) is 12.4 Å². The number of thioether (sulfide) groups is 1. The van der Waals surface area contributed by atoms with Crippen molar-refractivity contribution in [3.8, 4) is 0 Å². The maximum absolute atomic E-state index is 11.8. The van der Waals surface area contributed by atoms with Crippen LogP contribution in [0.5, 0.6) is 0 Å². The molecule has 1 amide bonds. The van der Waals surface area contributed by atoms with Crippen LogP contribution in [0.4, 0.5) is 0 Å². The molecule has 1 atom stereocenters. The van der Waals surface area contributed by atoms with Crippen molar-refractivity contribution in [3.63, 3.8) is 0 Å². The third kappa shape index (κ3) is 4.71. The first-order valence-electron chi connectivity index (χ1n) is 7.55. The van der Waals surface area contributed by atoms with E-state index in [-0.39, 0.29) is 5.91 Å². The molecule has 0 bridgehead atoms. The van der Waals surface area contributed by atoms with E-state index in [0.717, 1.165) is 24.4 Å². The van der Waals surface area contributed by atoms with Gasteiger partial charge >= 0.3 is 0 Å². The van der Waals surface area contributed by atoms with Crippen LogP contribution in [0, 0.1) is 0 Å². The van der Waals surface area contributed by atoms with E-state index >= 15 is 0 Å². The van der Waals surface area contributed by atoms with Crippen LogP contribution in [0.15, 0.2) is 6.33 Å². The molecular weight excluding hydrogens is 288 g/mol. The zero-order valence-electron chi connectivity index (χ0n) is 12.5. The van der Waals surface area contributed by atoms with Crippen molar-refractivity contribution >= 4 is 17.7 Å². The summed E-state index contributed by atoms with van der Waals surface area (Å²) in [7, 11) is 0. The van der Waals surface area contributed by atoms with Crippen LogP contribution in [0.2, 0.25) is 0 Å².